The van der Waals surface area contributed by atoms with Gasteiger partial charge in [0.25, 0.3) is 0 Å². The van der Waals surface area contributed by atoms with Gasteiger partial charge in [-0.1, -0.05) is 24.3 Å². The van der Waals surface area contributed by atoms with E-state index in [1.807, 2.05) is 30.5 Å². The second-order valence-corrected chi connectivity index (χ2v) is 4.10. The van der Waals surface area contributed by atoms with Gasteiger partial charge in [0.1, 0.15) is 0 Å². The predicted octanol–water partition coefficient (Wildman–Crippen LogP) is 1.94. The number of hydrogen-bond donors (Lipinski definition) is 0. The number of hydrogen-bond acceptors (Lipinski definition) is 3. The summed E-state index contributed by atoms with van der Waals surface area (Å²) in [6, 6.07) is 0. The van der Waals surface area contributed by atoms with Gasteiger partial charge < -0.3 is 4.74 Å². The number of aliphatic imine (C=N–C) groups is 1. The molecule has 3 aliphatic rings. The molecule has 1 atom stereocenters. The SMILES string of the molecule is COC1=CC2=NC=C3C=CC=CC32CC1=O. The van der Waals surface area contributed by atoms with Gasteiger partial charge >= 0.3 is 0 Å². The van der Waals surface area contributed by atoms with E-state index in [9.17, 15) is 4.79 Å². The van der Waals surface area contributed by atoms with Gasteiger partial charge in [-0.3, -0.25) is 9.79 Å². The third-order valence-electron chi connectivity index (χ3n) is 3.28. The first-order valence-corrected chi connectivity index (χ1v) is 5.20. The molecule has 3 rings (SSSR count). The standard InChI is InChI=1S/C13H11NO2/c1-16-11-6-12-13(7-10(11)15)5-3-2-4-9(13)8-14-12/h2-6,8H,7H2,1H3. The number of ether oxygens (including phenoxy) is 1. The minimum atomic E-state index is -0.326. The molecule has 1 unspecified atom stereocenters. The van der Waals surface area contributed by atoms with Crippen LogP contribution in [0.5, 0.6) is 0 Å². The Morgan fingerprint density at radius 3 is 3.12 bits per heavy atom. The van der Waals surface area contributed by atoms with E-state index in [1.165, 1.54) is 7.11 Å². The highest BCUT2D eigenvalue weighted by molar-refractivity contribution is 6.16. The molecule has 1 heterocycles. The molecule has 0 aromatic rings. The lowest BCUT2D eigenvalue weighted by atomic mass is 9.69. The Kier molecular flexibility index (Phi) is 1.78. The fourth-order valence-corrected chi connectivity index (χ4v) is 2.41. The van der Waals surface area contributed by atoms with Crippen molar-refractivity contribution in [3.8, 4) is 0 Å². The molecule has 3 nitrogen and oxygen atoms in total. The van der Waals surface area contributed by atoms with E-state index in [4.69, 9.17) is 4.74 Å². The van der Waals surface area contributed by atoms with Gasteiger partial charge in [0.2, 0.25) is 0 Å². The second-order valence-electron chi connectivity index (χ2n) is 4.10. The van der Waals surface area contributed by atoms with E-state index in [-0.39, 0.29) is 11.2 Å². The summed E-state index contributed by atoms with van der Waals surface area (Å²) < 4.78 is 5.05. The van der Waals surface area contributed by atoms with Crippen molar-refractivity contribution in [2.75, 3.05) is 7.11 Å². The van der Waals surface area contributed by atoms with Crippen molar-refractivity contribution in [3.05, 3.63) is 47.9 Å². The highest BCUT2D eigenvalue weighted by Gasteiger charge is 2.45. The molecule has 0 saturated carbocycles. The van der Waals surface area contributed by atoms with Crippen molar-refractivity contribution < 1.29 is 9.53 Å². The first kappa shape index (κ1) is 9.33. The van der Waals surface area contributed by atoms with Gasteiger partial charge in [0.15, 0.2) is 11.5 Å². The van der Waals surface area contributed by atoms with Crippen molar-refractivity contribution in [3.63, 3.8) is 0 Å². The van der Waals surface area contributed by atoms with E-state index >= 15 is 0 Å². The summed E-state index contributed by atoms with van der Waals surface area (Å²) in [7, 11) is 1.52. The highest BCUT2D eigenvalue weighted by atomic mass is 16.5. The summed E-state index contributed by atoms with van der Waals surface area (Å²) in [5.41, 5.74) is 1.66. The molecule has 0 amide bonds. The molecular weight excluding hydrogens is 202 g/mol. The van der Waals surface area contributed by atoms with Crippen molar-refractivity contribution in [1.29, 1.82) is 0 Å². The Balaban J connectivity index is 2.13. The molecular formula is C13H11NO2. The minimum absolute atomic E-state index is 0.0363. The first-order chi connectivity index (χ1) is 7.76. The number of carbonyl (C=O) groups is 1. The number of ketones is 1. The molecule has 1 spiro atoms. The number of methoxy groups -OCH3 is 1. The smallest absolute Gasteiger partial charge is 0.199 e. The lowest BCUT2D eigenvalue weighted by molar-refractivity contribution is -0.119. The monoisotopic (exact) mass is 213 g/mol. The minimum Gasteiger partial charge on any atom is -0.493 e. The molecule has 0 aromatic carbocycles. The number of allylic oxidation sites excluding steroid dienone is 7. The first-order valence-electron chi connectivity index (χ1n) is 5.20. The van der Waals surface area contributed by atoms with Crippen LogP contribution in [0.1, 0.15) is 6.42 Å². The summed E-state index contributed by atoms with van der Waals surface area (Å²) in [5, 5.41) is 0. The quantitative estimate of drug-likeness (QED) is 0.667. The molecule has 2 aliphatic carbocycles. The Hall–Kier alpha value is -1.90. The van der Waals surface area contributed by atoms with Crippen LogP contribution in [0.4, 0.5) is 0 Å². The molecule has 3 heteroatoms. The van der Waals surface area contributed by atoms with Crippen LogP contribution in [0.15, 0.2) is 52.9 Å². The molecule has 0 aromatic heterocycles. The zero-order valence-corrected chi connectivity index (χ0v) is 8.93. The molecule has 0 saturated heterocycles. The average molecular weight is 213 g/mol. The zero-order valence-electron chi connectivity index (χ0n) is 8.93. The lowest BCUT2D eigenvalue weighted by Gasteiger charge is -2.32. The lowest BCUT2D eigenvalue weighted by Crippen LogP contribution is -2.35. The van der Waals surface area contributed by atoms with Crippen LogP contribution in [0.25, 0.3) is 0 Å². The Labute approximate surface area is 93.5 Å². The van der Waals surface area contributed by atoms with Gasteiger partial charge in [-0.05, 0) is 5.57 Å². The van der Waals surface area contributed by atoms with Crippen molar-refractivity contribution in [1.82, 2.24) is 0 Å². The normalized spacial score (nSPS) is 30.3. The number of nitrogens with zero attached hydrogens (tertiary/aromatic N) is 1. The van der Waals surface area contributed by atoms with Crippen molar-refractivity contribution in [2.24, 2.45) is 10.4 Å². The van der Waals surface area contributed by atoms with Gasteiger partial charge in [0, 0.05) is 18.7 Å². The fraction of sp³-hybridized carbons (Fsp3) is 0.231. The zero-order chi connectivity index (χ0) is 11.2. The van der Waals surface area contributed by atoms with Crippen LogP contribution < -0.4 is 0 Å². The fourth-order valence-electron chi connectivity index (χ4n) is 2.41. The molecule has 0 radical (unpaired) electrons. The Bertz CT molecular complexity index is 520. The summed E-state index contributed by atoms with van der Waals surface area (Å²) in [4.78, 5) is 16.3. The van der Waals surface area contributed by atoms with Crippen LogP contribution >= 0.6 is 0 Å². The predicted molar refractivity (Wildman–Crippen MR) is 60.9 cm³/mol. The van der Waals surface area contributed by atoms with Gasteiger partial charge in [-0.25, -0.2) is 0 Å². The van der Waals surface area contributed by atoms with Gasteiger partial charge in [-0.2, -0.15) is 0 Å². The maximum atomic E-state index is 11.9. The van der Waals surface area contributed by atoms with Crippen LogP contribution in [0.2, 0.25) is 0 Å². The maximum Gasteiger partial charge on any atom is 0.199 e. The number of rotatable bonds is 1. The summed E-state index contributed by atoms with van der Waals surface area (Å²) in [5.74, 6) is 0.441. The largest absolute Gasteiger partial charge is 0.493 e. The van der Waals surface area contributed by atoms with Crippen molar-refractivity contribution >= 4 is 11.5 Å². The van der Waals surface area contributed by atoms with Crippen LogP contribution in [-0.2, 0) is 9.53 Å². The van der Waals surface area contributed by atoms with Crippen molar-refractivity contribution in [2.45, 2.75) is 6.42 Å². The summed E-state index contributed by atoms with van der Waals surface area (Å²) in [6.07, 6.45) is 12.0. The molecule has 16 heavy (non-hydrogen) atoms. The molecule has 0 fully saturated rings. The number of carbonyl (C=O) groups excluding carboxylic acids is 1. The second kappa shape index (κ2) is 3.04. The number of Topliss-reactive ketones (excluding diaryl/α,β-unsaturated/α-hetero) is 1. The Morgan fingerprint density at radius 2 is 2.31 bits per heavy atom. The van der Waals surface area contributed by atoms with E-state index in [0.29, 0.717) is 12.2 Å². The molecule has 0 N–H and O–H groups in total. The van der Waals surface area contributed by atoms with Crippen LogP contribution in [-0.4, -0.2) is 18.6 Å². The Morgan fingerprint density at radius 1 is 1.44 bits per heavy atom. The molecule has 1 aliphatic heterocycles. The molecule has 0 bridgehead atoms. The van der Waals surface area contributed by atoms with E-state index in [1.54, 1.807) is 6.08 Å². The topological polar surface area (TPSA) is 38.7 Å². The van der Waals surface area contributed by atoms with Gasteiger partial charge in [-0.15, -0.1) is 0 Å². The highest BCUT2D eigenvalue weighted by Crippen LogP contribution is 2.45. The average Bonchev–Trinajstić information content (AvgIpc) is 2.65. The van der Waals surface area contributed by atoms with E-state index in [2.05, 4.69) is 4.99 Å². The molecule has 80 valence electrons. The summed E-state index contributed by atoms with van der Waals surface area (Å²) in [6.45, 7) is 0. The van der Waals surface area contributed by atoms with E-state index in [0.717, 1.165) is 11.3 Å². The van der Waals surface area contributed by atoms with Gasteiger partial charge in [0.05, 0.1) is 18.2 Å². The van der Waals surface area contributed by atoms with Crippen LogP contribution in [0, 0.1) is 5.41 Å². The van der Waals surface area contributed by atoms with E-state index < -0.39 is 0 Å². The summed E-state index contributed by atoms with van der Waals surface area (Å²) >= 11 is 0. The van der Waals surface area contributed by atoms with Crippen LogP contribution in [0.3, 0.4) is 0 Å². The third kappa shape index (κ3) is 1.03. The maximum absolute atomic E-state index is 11.9. The third-order valence-corrected chi connectivity index (χ3v) is 3.28.